The van der Waals surface area contributed by atoms with Crippen LogP contribution in [0.2, 0.25) is 0 Å². The van der Waals surface area contributed by atoms with Crippen LogP contribution in [0.15, 0.2) is 17.5 Å². The van der Waals surface area contributed by atoms with E-state index < -0.39 is 0 Å². The van der Waals surface area contributed by atoms with Gasteiger partial charge in [0, 0.05) is 24.2 Å². The highest BCUT2D eigenvalue weighted by Crippen LogP contribution is 2.40. The Kier molecular flexibility index (Phi) is 3.51. The van der Waals surface area contributed by atoms with E-state index in [2.05, 4.69) is 41.7 Å². The Labute approximate surface area is 118 Å². The van der Waals surface area contributed by atoms with Crippen molar-refractivity contribution in [2.24, 2.45) is 0 Å². The molecule has 0 atom stereocenters. The van der Waals surface area contributed by atoms with Crippen LogP contribution in [0.25, 0.3) is 10.7 Å². The van der Waals surface area contributed by atoms with Crippen molar-refractivity contribution >= 4 is 17.2 Å². The fourth-order valence-electron chi connectivity index (χ4n) is 2.10. The predicted molar refractivity (Wildman–Crippen MR) is 80.8 cm³/mol. The van der Waals surface area contributed by atoms with Crippen molar-refractivity contribution in [3.8, 4) is 10.7 Å². The Bertz CT molecular complexity index is 573. The van der Waals surface area contributed by atoms with E-state index in [1.165, 1.54) is 29.0 Å². The number of aromatic nitrogens is 2. The second kappa shape index (κ2) is 5.29. The molecule has 1 aliphatic carbocycles. The van der Waals surface area contributed by atoms with Gasteiger partial charge in [0.15, 0.2) is 5.82 Å². The Morgan fingerprint density at radius 2 is 2.21 bits per heavy atom. The van der Waals surface area contributed by atoms with Crippen LogP contribution >= 0.6 is 11.3 Å². The number of thiophene rings is 1. The Hall–Kier alpha value is -1.42. The van der Waals surface area contributed by atoms with Gasteiger partial charge >= 0.3 is 0 Å². The summed E-state index contributed by atoms with van der Waals surface area (Å²) >= 11 is 1.72. The lowest BCUT2D eigenvalue weighted by molar-refractivity contribution is 0.949. The maximum atomic E-state index is 4.77. The van der Waals surface area contributed by atoms with Crippen LogP contribution in [0, 0.1) is 6.92 Å². The third kappa shape index (κ3) is 2.78. The molecule has 3 rings (SSSR count). The molecule has 0 amide bonds. The minimum Gasteiger partial charge on any atom is -0.370 e. The number of aryl methyl sites for hydroxylation is 1. The third-order valence-electron chi connectivity index (χ3n) is 3.36. The van der Waals surface area contributed by atoms with E-state index >= 15 is 0 Å². The van der Waals surface area contributed by atoms with E-state index in [4.69, 9.17) is 4.98 Å². The van der Waals surface area contributed by atoms with Crippen LogP contribution in [-0.2, 0) is 0 Å². The zero-order valence-electron chi connectivity index (χ0n) is 11.4. The maximum absolute atomic E-state index is 4.77. The summed E-state index contributed by atoms with van der Waals surface area (Å²) in [6.07, 6.45) is 3.65. The normalized spacial score (nSPS) is 14.6. The summed E-state index contributed by atoms with van der Waals surface area (Å²) in [6, 6.07) is 4.26. The van der Waals surface area contributed by atoms with Gasteiger partial charge in [0.2, 0.25) is 0 Å². The lowest BCUT2D eigenvalue weighted by Gasteiger charge is -2.09. The lowest BCUT2D eigenvalue weighted by atomic mass is 10.2. The average Bonchev–Trinajstić information content (AvgIpc) is 3.18. The molecule has 0 radical (unpaired) electrons. The fraction of sp³-hybridized carbons (Fsp3) is 0.467. The summed E-state index contributed by atoms with van der Waals surface area (Å²) in [4.78, 5) is 10.6. The van der Waals surface area contributed by atoms with Gasteiger partial charge in [-0.25, -0.2) is 9.97 Å². The summed E-state index contributed by atoms with van der Waals surface area (Å²) in [5.74, 6) is 2.52. The molecule has 0 aliphatic heterocycles. The van der Waals surface area contributed by atoms with Crippen LogP contribution in [0.1, 0.15) is 43.4 Å². The molecule has 0 saturated heterocycles. The lowest BCUT2D eigenvalue weighted by Crippen LogP contribution is -2.05. The summed E-state index contributed by atoms with van der Waals surface area (Å²) in [5.41, 5.74) is 2.47. The second-order valence-electron chi connectivity index (χ2n) is 5.14. The van der Waals surface area contributed by atoms with E-state index in [0.717, 1.165) is 24.6 Å². The molecule has 2 aromatic heterocycles. The van der Waals surface area contributed by atoms with Crippen molar-refractivity contribution < 1.29 is 0 Å². The highest BCUT2D eigenvalue weighted by Gasteiger charge is 2.26. The SMILES string of the molecule is CCCNc1cc(C2CC2)nc(-c2sccc2C)n1. The number of anilines is 1. The molecule has 1 aliphatic rings. The van der Waals surface area contributed by atoms with Gasteiger partial charge in [-0.1, -0.05) is 6.92 Å². The molecule has 0 aromatic carbocycles. The largest absolute Gasteiger partial charge is 0.370 e. The van der Waals surface area contributed by atoms with Gasteiger partial charge in [-0.2, -0.15) is 0 Å². The molecule has 4 heteroatoms. The first-order valence-corrected chi connectivity index (χ1v) is 7.83. The molecule has 0 spiro atoms. The molecule has 19 heavy (non-hydrogen) atoms. The van der Waals surface area contributed by atoms with Crippen molar-refractivity contribution in [2.75, 3.05) is 11.9 Å². The number of rotatable bonds is 5. The Morgan fingerprint density at radius 1 is 1.37 bits per heavy atom. The number of hydrogen-bond donors (Lipinski definition) is 1. The molecule has 1 fully saturated rings. The van der Waals surface area contributed by atoms with Crippen LogP contribution in [-0.4, -0.2) is 16.5 Å². The molecule has 0 unspecified atom stereocenters. The second-order valence-corrected chi connectivity index (χ2v) is 6.05. The highest BCUT2D eigenvalue weighted by atomic mass is 32.1. The summed E-state index contributed by atoms with van der Waals surface area (Å²) in [5, 5.41) is 5.50. The minimum absolute atomic E-state index is 0.657. The summed E-state index contributed by atoms with van der Waals surface area (Å²) in [6.45, 7) is 5.25. The Balaban J connectivity index is 1.98. The van der Waals surface area contributed by atoms with Gasteiger partial charge in [0.25, 0.3) is 0 Å². The Morgan fingerprint density at radius 3 is 2.84 bits per heavy atom. The smallest absolute Gasteiger partial charge is 0.172 e. The van der Waals surface area contributed by atoms with Crippen molar-refractivity contribution in [1.29, 1.82) is 0 Å². The molecule has 100 valence electrons. The maximum Gasteiger partial charge on any atom is 0.172 e. The fourth-order valence-corrected chi connectivity index (χ4v) is 2.96. The first-order valence-electron chi connectivity index (χ1n) is 6.95. The zero-order chi connectivity index (χ0) is 13.2. The zero-order valence-corrected chi connectivity index (χ0v) is 12.3. The summed E-state index contributed by atoms with van der Waals surface area (Å²) < 4.78 is 0. The van der Waals surface area contributed by atoms with Crippen LogP contribution in [0.3, 0.4) is 0 Å². The molecule has 1 saturated carbocycles. The van der Waals surface area contributed by atoms with E-state index in [-0.39, 0.29) is 0 Å². The van der Waals surface area contributed by atoms with Gasteiger partial charge in [0.1, 0.15) is 5.82 Å². The number of nitrogens with one attached hydrogen (secondary N) is 1. The van der Waals surface area contributed by atoms with Gasteiger partial charge in [0.05, 0.1) is 4.88 Å². The van der Waals surface area contributed by atoms with Crippen molar-refractivity contribution in [3.63, 3.8) is 0 Å². The van der Waals surface area contributed by atoms with Gasteiger partial charge in [-0.05, 0) is 43.2 Å². The minimum atomic E-state index is 0.657. The van der Waals surface area contributed by atoms with E-state index in [0.29, 0.717) is 5.92 Å². The molecule has 3 nitrogen and oxygen atoms in total. The molecular weight excluding hydrogens is 254 g/mol. The van der Waals surface area contributed by atoms with Crippen molar-refractivity contribution in [3.05, 3.63) is 28.8 Å². The molecule has 0 bridgehead atoms. The predicted octanol–water partition coefficient (Wildman–Crippen LogP) is 4.21. The quantitative estimate of drug-likeness (QED) is 0.886. The standard InChI is InChI=1S/C15H19N3S/c1-3-7-16-13-9-12(11-4-5-11)17-15(18-13)14-10(2)6-8-19-14/h6,8-9,11H,3-5,7H2,1-2H3,(H,16,17,18). The third-order valence-corrected chi connectivity index (χ3v) is 4.38. The van der Waals surface area contributed by atoms with E-state index in [9.17, 15) is 0 Å². The van der Waals surface area contributed by atoms with E-state index in [1.807, 2.05) is 0 Å². The van der Waals surface area contributed by atoms with Crippen LogP contribution in [0.4, 0.5) is 5.82 Å². The number of hydrogen-bond acceptors (Lipinski definition) is 4. The summed E-state index contributed by atoms with van der Waals surface area (Å²) in [7, 11) is 0. The first-order chi connectivity index (χ1) is 9.28. The van der Waals surface area contributed by atoms with Crippen molar-refractivity contribution in [2.45, 2.75) is 39.0 Å². The molecule has 2 heterocycles. The van der Waals surface area contributed by atoms with Crippen LogP contribution < -0.4 is 5.32 Å². The topological polar surface area (TPSA) is 37.8 Å². The molecular formula is C15H19N3S. The van der Waals surface area contributed by atoms with Crippen molar-refractivity contribution in [1.82, 2.24) is 9.97 Å². The highest BCUT2D eigenvalue weighted by molar-refractivity contribution is 7.13. The molecule has 1 N–H and O–H groups in total. The van der Waals surface area contributed by atoms with E-state index in [1.54, 1.807) is 11.3 Å². The van der Waals surface area contributed by atoms with Gasteiger partial charge in [-0.15, -0.1) is 11.3 Å². The van der Waals surface area contributed by atoms with Gasteiger partial charge in [-0.3, -0.25) is 0 Å². The first kappa shape index (κ1) is 12.6. The van der Waals surface area contributed by atoms with Crippen LogP contribution in [0.5, 0.6) is 0 Å². The monoisotopic (exact) mass is 273 g/mol. The van der Waals surface area contributed by atoms with Gasteiger partial charge < -0.3 is 5.32 Å². The number of nitrogens with zero attached hydrogens (tertiary/aromatic N) is 2. The molecule has 2 aromatic rings. The average molecular weight is 273 g/mol.